The Morgan fingerprint density at radius 3 is 2.53 bits per heavy atom. The summed E-state index contributed by atoms with van der Waals surface area (Å²) in [5, 5.41) is 0.859. The standard InChI is InChI=1S/C15H17NO2S/c1-10-11(2)19-14(16-10)9-13(17)15(18-3)12-7-5-4-6-8-12/h4-8,15H,9H2,1-3H3. The lowest BCUT2D eigenvalue weighted by Gasteiger charge is -2.13. The molecule has 0 aliphatic carbocycles. The Kier molecular flexibility index (Phi) is 4.45. The zero-order chi connectivity index (χ0) is 13.8. The molecule has 1 unspecified atom stereocenters. The number of ether oxygens (including phenoxy) is 1. The van der Waals surface area contributed by atoms with Gasteiger partial charge in [0, 0.05) is 12.0 Å². The second-order valence-electron chi connectivity index (χ2n) is 4.42. The summed E-state index contributed by atoms with van der Waals surface area (Å²) in [4.78, 5) is 17.9. The van der Waals surface area contributed by atoms with E-state index in [1.165, 1.54) is 0 Å². The van der Waals surface area contributed by atoms with Crippen LogP contribution in [0.5, 0.6) is 0 Å². The topological polar surface area (TPSA) is 39.2 Å². The summed E-state index contributed by atoms with van der Waals surface area (Å²) in [7, 11) is 1.56. The highest BCUT2D eigenvalue weighted by Crippen LogP contribution is 2.22. The maximum atomic E-state index is 12.3. The first-order valence-corrected chi connectivity index (χ1v) is 6.97. The fraction of sp³-hybridized carbons (Fsp3) is 0.333. The van der Waals surface area contributed by atoms with Gasteiger partial charge >= 0.3 is 0 Å². The molecule has 1 aromatic carbocycles. The van der Waals surface area contributed by atoms with Crippen molar-refractivity contribution in [1.29, 1.82) is 0 Å². The van der Waals surface area contributed by atoms with E-state index in [4.69, 9.17) is 4.74 Å². The van der Waals surface area contributed by atoms with Crippen molar-refractivity contribution in [1.82, 2.24) is 4.98 Å². The number of Topliss-reactive ketones (excluding diaryl/α,β-unsaturated/α-hetero) is 1. The van der Waals surface area contributed by atoms with Gasteiger partial charge in [0.05, 0.1) is 12.1 Å². The lowest BCUT2D eigenvalue weighted by Crippen LogP contribution is -2.16. The van der Waals surface area contributed by atoms with Gasteiger partial charge in [-0.15, -0.1) is 11.3 Å². The molecular weight excluding hydrogens is 258 g/mol. The van der Waals surface area contributed by atoms with Crippen molar-refractivity contribution in [3.05, 3.63) is 51.5 Å². The molecule has 0 aliphatic rings. The maximum Gasteiger partial charge on any atom is 0.172 e. The first-order chi connectivity index (χ1) is 9.11. The number of aryl methyl sites for hydroxylation is 2. The van der Waals surface area contributed by atoms with E-state index in [-0.39, 0.29) is 5.78 Å². The van der Waals surface area contributed by atoms with Crippen LogP contribution in [0.1, 0.15) is 27.2 Å². The quantitative estimate of drug-likeness (QED) is 0.840. The van der Waals surface area contributed by atoms with Crippen molar-refractivity contribution in [3.63, 3.8) is 0 Å². The number of hydrogen-bond acceptors (Lipinski definition) is 4. The molecule has 1 aromatic heterocycles. The third-order valence-electron chi connectivity index (χ3n) is 3.03. The minimum Gasteiger partial charge on any atom is -0.369 e. The van der Waals surface area contributed by atoms with E-state index in [0.717, 1.165) is 21.1 Å². The van der Waals surface area contributed by atoms with Crippen LogP contribution in [0.25, 0.3) is 0 Å². The molecule has 3 nitrogen and oxygen atoms in total. The van der Waals surface area contributed by atoms with Gasteiger partial charge in [0.25, 0.3) is 0 Å². The van der Waals surface area contributed by atoms with Crippen molar-refractivity contribution >= 4 is 17.1 Å². The summed E-state index contributed by atoms with van der Waals surface area (Å²) in [5.41, 5.74) is 1.89. The second kappa shape index (κ2) is 6.08. The molecule has 0 saturated heterocycles. The van der Waals surface area contributed by atoms with Crippen LogP contribution in [-0.4, -0.2) is 17.9 Å². The van der Waals surface area contributed by atoms with Gasteiger partial charge in [-0.1, -0.05) is 30.3 Å². The summed E-state index contributed by atoms with van der Waals surface area (Å²) in [5.74, 6) is 0.0439. The van der Waals surface area contributed by atoms with E-state index < -0.39 is 6.10 Å². The van der Waals surface area contributed by atoms with Gasteiger partial charge in [-0.25, -0.2) is 4.98 Å². The van der Waals surface area contributed by atoms with Crippen LogP contribution in [0.15, 0.2) is 30.3 Å². The Morgan fingerprint density at radius 2 is 2.00 bits per heavy atom. The van der Waals surface area contributed by atoms with Gasteiger partial charge in [0.2, 0.25) is 0 Å². The minimum absolute atomic E-state index is 0.0439. The van der Waals surface area contributed by atoms with E-state index in [9.17, 15) is 4.79 Å². The van der Waals surface area contributed by atoms with Crippen LogP contribution in [0.4, 0.5) is 0 Å². The largest absolute Gasteiger partial charge is 0.369 e. The molecule has 2 aromatic rings. The molecule has 1 atom stereocenters. The molecule has 1 heterocycles. The number of carbonyl (C=O) groups is 1. The predicted octanol–water partition coefficient (Wildman–Crippen LogP) is 3.26. The van der Waals surface area contributed by atoms with Gasteiger partial charge in [0.15, 0.2) is 5.78 Å². The minimum atomic E-state index is -0.509. The lowest BCUT2D eigenvalue weighted by molar-refractivity contribution is -0.128. The third-order valence-corrected chi connectivity index (χ3v) is 4.10. The molecule has 4 heteroatoms. The number of thiazole rings is 1. The zero-order valence-corrected chi connectivity index (χ0v) is 12.2. The monoisotopic (exact) mass is 275 g/mol. The smallest absolute Gasteiger partial charge is 0.172 e. The molecule has 19 heavy (non-hydrogen) atoms. The fourth-order valence-electron chi connectivity index (χ4n) is 1.94. The van der Waals surface area contributed by atoms with Crippen molar-refractivity contribution in [2.45, 2.75) is 26.4 Å². The predicted molar refractivity (Wildman–Crippen MR) is 76.5 cm³/mol. The van der Waals surface area contributed by atoms with Crippen LogP contribution < -0.4 is 0 Å². The number of rotatable bonds is 5. The average molecular weight is 275 g/mol. The summed E-state index contributed by atoms with van der Waals surface area (Å²) in [6.07, 6.45) is -0.182. The molecule has 2 rings (SSSR count). The van der Waals surface area contributed by atoms with Crippen LogP contribution in [0.2, 0.25) is 0 Å². The highest BCUT2D eigenvalue weighted by atomic mass is 32.1. The second-order valence-corrected chi connectivity index (χ2v) is 5.71. The molecule has 0 N–H and O–H groups in total. The first kappa shape index (κ1) is 13.9. The molecule has 0 saturated carbocycles. The highest BCUT2D eigenvalue weighted by molar-refractivity contribution is 7.11. The van der Waals surface area contributed by atoms with Crippen molar-refractivity contribution in [2.75, 3.05) is 7.11 Å². The van der Waals surface area contributed by atoms with Crippen LogP contribution in [-0.2, 0) is 16.0 Å². The van der Waals surface area contributed by atoms with Gasteiger partial charge in [-0.05, 0) is 19.4 Å². The number of nitrogens with zero attached hydrogens (tertiary/aromatic N) is 1. The van der Waals surface area contributed by atoms with Gasteiger partial charge < -0.3 is 4.74 Å². The fourth-order valence-corrected chi connectivity index (χ4v) is 2.88. The summed E-state index contributed by atoms with van der Waals surface area (Å²) in [6.45, 7) is 3.98. The number of ketones is 1. The van der Waals surface area contributed by atoms with Crippen LogP contribution in [0.3, 0.4) is 0 Å². The zero-order valence-electron chi connectivity index (χ0n) is 11.3. The number of aromatic nitrogens is 1. The summed E-state index contributed by atoms with van der Waals surface area (Å²) in [6, 6.07) is 9.56. The van der Waals surface area contributed by atoms with Crippen molar-refractivity contribution in [2.24, 2.45) is 0 Å². The first-order valence-electron chi connectivity index (χ1n) is 6.15. The Hall–Kier alpha value is -1.52. The number of hydrogen-bond donors (Lipinski definition) is 0. The van der Waals surface area contributed by atoms with Crippen molar-refractivity contribution < 1.29 is 9.53 Å². The van der Waals surface area contributed by atoms with Gasteiger partial charge in [-0.2, -0.15) is 0 Å². The number of benzene rings is 1. The lowest BCUT2D eigenvalue weighted by atomic mass is 10.0. The number of methoxy groups -OCH3 is 1. The summed E-state index contributed by atoms with van der Waals surface area (Å²) >= 11 is 1.58. The van der Waals surface area contributed by atoms with Crippen LogP contribution >= 0.6 is 11.3 Å². The summed E-state index contributed by atoms with van der Waals surface area (Å²) < 4.78 is 5.33. The average Bonchev–Trinajstić information content (AvgIpc) is 2.70. The molecule has 0 aliphatic heterocycles. The molecule has 0 fully saturated rings. The Labute approximate surface area is 117 Å². The van der Waals surface area contributed by atoms with Crippen molar-refractivity contribution in [3.8, 4) is 0 Å². The number of carbonyl (C=O) groups excluding carboxylic acids is 1. The van der Waals surface area contributed by atoms with Crippen LogP contribution in [0, 0.1) is 13.8 Å². The van der Waals surface area contributed by atoms with E-state index >= 15 is 0 Å². The Morgan fingerprint density at radius 1 is 1.32 bits per heavy atom. The maximum absolute atomic E-state index is 12.3. The van der Waals surface area contributed by atoms with Gasteiger partial charge in [0.1, 0.15) is 11.1 Å². The van der Waals surface area contributed by atoms with Gasteiger partial charge in [-0.3, -0.25) is 4.79 Å². The third kappa shape index (κ3) is 3.28. The van der Waals surface area contributed by atoms with E-state index in [2.05, 4.69) is 4.98 Å². The highest BCUT2D eigenvalue weighted by Gasteiger charge is 2.21. The Bertz CT molecular complexity index is 543. The molecular formula is C15H17NO2S. The van der Waals surface area contributed by atoms with E-state index in [0.29, 0.717) is 6.42 Å². The molecule has 0 bridgehead atoms. The molecule has 100 valence electrons. The van der Waals surface area contributed by atoms with E-state index in [1.54, 1.807) is 18.4 Å². The SMILES string of the molecule is COC(C(=O)Cc1nc(C)c(C)s1)c1ccccc1. The molecule has 0 radical (unpaired) electrons. The molecule has 0 spiro atoms. The molecule has 0 amide bonds. The Balaban J connectivity index is 2.14. The normalized spacial score (nSPS) is 12.4. The van der Waals surface area contributed by atoms with E-state index in [1.807, 2.05) is 44.2 Å².